The number of rotatable bonds is 3. The zero-order chi connectivity index (χ0) is 9.14. The molecule has 0 aromatic carbocycles. The van der Waals surface area contributed by atoms with Gasteiger partial charge in [-0.1, -0.05) is 13.3 Å². The minimum absolute atomic E-state index is 0.258. The molecule has 0 bridgehead atoms. The molecular formula is C10H17NS. The number of aryl methyl sites for hydroxylation is 2. The molecular weight excluding hydrogens is 166 g/mol. The summed E-state index contributed by atoms with van der Waals surface area (Å²) in [4.78, 5) is 2.74. The molecule has 1 rings (SSSR count). The first-order chi connectivity index (χ1) is 5.65. The van der Waals surface area contributed by atoms with Gasteiger partial charge in [0.25, 0.3) is 0 Å². The van der Waals surface area contributed by atoms with Gasteiger partial charge in [0.15, 0.2) is 0 Å². The Morgan fingerprint density at radius 1 is 1.50 bits per heavy atom. The summed E-state index contributed by atoms with van der Waals surface area (Å²) in [5.74, 6) is 0. The van der Waals surface area contributed by atoms with Gasteiger partial charge in [0, 0.05) is 15.8 Å². The van der Waals surface area contributed by atoms with Gasteiger partial charge in [-0.05, 0) is 31.9 Å². The van der Waals surface area contributed by atoms with Gasteiger partial charge in [-0.3, -0.25) is 0 Å². The van der Waals surface area contributed by atoms with Gasteiger partial charge in [-0.2, -0.15) is 0 Å². The predicted octanol–water partition coefficient (Wildman–Crippen LogP) is 3.16. The monoisotopic (exact) mass is 183 g/mol. The summed E-state index contributed by atoms with van der Waals surface area (Å²) in [5, 5.41) is 0. The topological polar surface area (TPSA) is 26.0 Å². The predicted molar refractivity (Wildman–Crippen MR) is 55.6 cm³/mol. The summed E-state index contributed by atoms with van der Waals surface area (Å²) in [6.45, 7) is 6.46. The van der Waals surface area contributed by atoms with E-state index in [0.29, 0.717) is 0 Å². The maximum atomic E-state index is 6.03. The molecule has 0 radical (unpaired) electrons. The number of hydrogen-bond acceptors (Lipinski definition) is 2. The van der Waals surface area contributed by atoms with E-state index in [9.17, 15) is 0 Å². The second-order valence-electron chi connectivity index (χ2n) is 3.30. The number of nitrogens with two attached hydrogens (primary N) is 1. The highest BCUT2D eigenvalue weighted by Crippen LogP contribution is 2.28. The Hall–Kier alpha value is -0.340. The average Bonchev–Trinajstić information content (AvgIpc) is 2.30. The summed E-state index contributed by atoms with van der Waals surface area (Å²) in [6, 6.07) is 2.48. The van der Waals surface area contributed by atoms with E-state index in [1.165, 1.54) is 15.3 Å². The Labute approximate surface area is 78.6 Å². The number of hydrogen-bond donors (Lipinski definition) is 1. The SMILES string of the molecule is CCCC(N)c1sc(C)cc1C. The molecule has 1 nitrogen and oxygen atoms in total. The maximum absolute atomic E-state index is 6.03. The van der Waals surface area contributed by atoms with E-state index in [2.05, 4.69) is 26.8 Å². The normalized spacial score (nSPS) is 13.3. The van der Waals surface area contributed by atoms with E-state index >= 15 is 0 Å². The molecule has 2 heteroatoms. The highest BCUT2D eigenvalue weighted by Gasteiger charge is 2.10. The van der Waals surface area contributed by atoms with Gasteiger partial charge in [0.2, 0.25) is 0 Å². The van der Waals surface area contributed by atoms with Crippen LogP contribution in [0.1, 0.15) is 41.1 Å². The van der Waals surface area contributed by atoms with Gasteiger partial charge in [-0.25, -0.2) is 0 Å². The molecule has 68 valence electrons. The van der Waals surface area contributed by atoms with Crippen LogP contribution >= 0.6 is 11.3 Å². The first kappa shape index (κ1) is 9.75. The second kappa shape index (κ2) is 4.06. The molecule has 0 aliphatic heterocycles. The highest BCUT2D eigenvalue weighted by molar-refractivity contribution is 7.12. The van der Waals surface area contributed by atoms with Crippen molar-refractivity contribution in [1.82, 2.24) is 0 Å². The lowest BCUT2D eigenvalue weighted by Crippen LogP contribution is -2.08. The van der Waals surface area contributed by atoms with Gasteiger partial charge in [-0.15, -0.1) is 11.3 Å². The molecule has 0 saturated heterocycles. The molecule has 0 saturated carbocycles. The smallest absolute Gasteiger partial charge is 0.0392 e. The first-order valence-corrected chi connectivity index (χ1v) is 5.29. The van der Waals surface area contributed by atoms with Crippen LogP contribution < -0.4 is 5.73 Å². The van der Waals surface area contributed by atoms with Crippen LogP contribution in [0.4, 0.5) is 0 Å². The van der Waals surface area contributed by atoms with Crippen LogP contribution in [0.2, 0.25) is 0 Å². The largest absolute Gasteiger partial charge is 0.323 e. The third-order valence-electron chi connectivity index (χ3n) is 2.02. The van der Waals surface area contributed by atoms with Crippen molar-refractivity contribution in [3.8, 4) is 0 Å². The van der Waals surface area contributed by atoms with Crippen LogP contribution in [0.15, 0.2) is 6.07 Å². The summed E-state index contributed by atoms with van der Waals surface area (Å²) < 4.78 is 0. The fraction of sp³-hybridized carbons (Fsp3) is 0.600. The summed E-state index contributed by atoms with van der Waals surface area (Å²) >= 11 is 1.84. The molecule has 0 aliphatic carbocycles. The van der Waals surface area contributed by atoms with Crippen LogP contribution in [0, 0.1) is 13.8 Å². The highest BCUT2D eigenvalue weighted by atomic mass is 32.1. The molecule has 1 atom stereocenters. The van der Waals surface area contributed by atoms with E-state index < -0.39 is 0 Å². The van der Waals surface area contributed by atoms with Crippen molar-refractivity contribution < 1.29 is 0 Å². The lowest BCUT2D eigenvalue weighted by Gasteiger charge is -2.08. The van der Waals surface area contributed by atoms with Crippen molar-refractivity contribution in [1.29, 1.82) is 0 Å². The van der Waals surface area contributed by atoms with Crippen molar-refractivity contribution in [3.05, 3.63) is 21.4 Å². The molecule has 1 aromatic heterocycles. The third-order valence-corrected chi connectivity index (χ3v) is 3.30. The molecule has 1 aromatic rings. The first-order valence-electron chi connectivity index (χ1n) is 4.47. The standard InChI is InChI=1S/C10H17NS/c1-4-5-9(11)10-7(2)6-8(3)12-10/h6,9H,4-5,11H2,1-3H3. The van der Waals surface area contributed by atoms with Gasteiger partial charge >= 0.3 is 0 Å². The summed E-state index contributed by atoms with van der Waals surface area (Å²) in [5.41, 5.74) is 7.39. The number of thiophene rings is 1. The van der Waals surface area contributed by atoms with E-state index in [4.69, 9.17) is 5.73 Å². The quantitative estimate of drug-likeness (QED) is 0.765. The molecule has 0 spiro atoms. The third kappa shape index (κ3) is 2.08. The van der Waals surface area contributed by atoms with Gasteiger partial charge in [0.1, 0.15) is 0 Å². The molecule has 12 heavy (non-hydrogen) atoms. The van der Waals surface area contributed by atoms with Gasteiger partial charge < -0.3 is 5.73 Å². The molecule has 0 amide bonds. The van der Waals surface area contributed by atoms with Crippen LogP contribution in [-0.2, 0) is 0 Å². The van der Waals surface area contributed by atoms with E-state index in [1.807, 2.05) is 11.3 Å². The molecule has 1 unspecified atom stereocenters. The summed E-state index contributed by atoms with van der Waals surface area (Å²) in [6.07, 6.45) is 2.26. The van der Waals surface area contributed by atoms with Crippen molar-refractivity contribution in [3.63, 3.8) is 0 Å². The Morgan fingerprint density at radius 3 is 2.58 bits per heavy atom. The minimum atomic E-state index is 0.258. The van der Waals surface area contributed by atoms with Crippen molar-refractivity contribution >= 4 is 11.3 Å². The maximum Gasteiger partial charge on any atom is 0.0392 e. The fourth-order valence-electron chi connectivity index (χ4n) is 1.47. The van der Waals surface area contributed by atoms with E-state index in [0.717, 1.165) is 12.8 Å². The Kier molecular flexibility index (Phi) is 3.29. The van der Waals surface area contributed by atoms with Crippen LogP contribution in [0.5, 0.6) is 0 Å². The van der Waals surface area contributed by atoms with E-state index in [-0.39, 0.29) is 6.04 Å². The summed E-state index contributed by atoms with van der Waals surface area (Å²) in [7, 11) is 0. The fourth-order valence-corrected chi connectivity index (χ4v) is 2.54. The Morgan fingerprint density at radius 2 is 2.17 bits per heavy atom. The Balaban J connectivity index is 2.79. The van der Waals surface area contributed by atoms with Crippen LogP contribution in [0.3, 0.4) is 0 Å². The lowest BCUT2D eigenvalue weighted by atomic mass is 10.1. The minimum Gasteiger partial charge on any atom is -0.323 e. The van der Waals surface area contributed by atoms with Crippen LogP contribution in [-0.4, -0.2) is 0 Å². The zero-order valence-electron chi connectivity index (χ0n) is 8.05. The zero-order valence-corrected chi connectivity index (χ0v) is 8.87. The molecule has 0 fully saturated rings. The lowest BCUT2D eigenvalue weighted by molar-refractivity contribution is 0.646. The van der Waals surface area contributed by atoms with Crippen molar-refractivity contribution in [2.45, 2.75) is 39.7 Å². The van der Waals surface area contributed by atoms with Crippen molar-refractivity contribution in [2.24, 2.45) is 5.73 Å². The second-order valence-corrected chi connectivity index (χ2v) is 4.59. The van der Waals surface area contributed by atoms with Crippen LogP contribution in [0.25, 0.3) is 0 Å². The van der Waals surface area contributed by atoms with Crippen molar-refractivity contribution in [2.75, 3.05) is 0 Å². The molecule has 1 heterocycles. The average molecular weight is 183 g/mol. The molecule has 2 N–H and O–H groups in total. The van der Waals surface area contributed by atoms with E-state index in [1.54, 1.807) is 0 Å². The molecule has 0 aliphatic rings. The van der Waals surface area contributed by atoms with Gasteiger partial charge in [0.05, 0.1) is 0 Å². The Bertz CT molecular complexity index is 252.